The molecule has 1 aromatic rings. The highest BCUT2D eigenvalue weighted by Gasteiger charge is 2.56. The van der Waals surface area contributed by atoms with Gasteiger partial charge in [0.25, 0.3) is 5.91 Å². The van der Waals surface area contributed by atoms with Gasteiger partial charge in [0.2, 0.25) is 0 Å². The minimum absolute atomic E-state index is 0.0109. The van der Waals surface area contributed by atoms with Gasteiger partial charge >= 0.3 is 0 Å². The lowest BCUT2D eigenvalue weighted by molar-refractivity contribution is -0.0862. The maximum Gasteiger partial charge on any atom is 0.272 e. The Morgan fingerprint density at radius 1 is 1.16 bits per heavy atom. The van der Waals surface area contributed by atoms with Crippen molar-refractivity contribution in [1.29, 1.82) is 0 Å². The molecule has 4 aliphatic rings. The number of fused-ring (bicyclic) bond motifs is 2. The standard InChI is InChI=1S/C19H28N4O2/c24-19(16-12-6-2-3-7-14(12)21-22-16)20-15-13-8-11-25-18(13)17(15)23-9-4-1-5-10-23/h13,15,17-18H,1-11H2,(H,20,24)(H,21,22)/t13-,15+,17-,18-/m0/s1. The summed E-state index contributed by atoms with van der Waals surface area (Å²) in [5, 5.41) is 10.8. The summed E-state index contributed by atoms with van der Waals surface area (Å²) < 4.78 is 6.00. The molecule has 5 rings (SSSR count). The molecule has 2 aliphatic heterocycles. The lowest BCUT2D eigenvalue weighted by Gasteiger charge is -2.53. The van der Waals surface area contributed by atoms with E-state index in [1.54, 1.807) is 0 Å². The van der Waals surface area contributed by atoms with Gasteiger partial charge in [-0.25, -0.2) is 0 Å². The number of likely N-dealkylation sites (tertiary alicyclic amines) is 1. The van der Waals surface area contributed by atoms with Gasteiger partial charge in [0.05, 0.1) is 18.2 Å². The normalized spacial score (nSPS) is 34.9. The number of hydrogen-bond acceptors (Lipinski definition) is 4. The number of hydrogen-bond donors (Lipinski definition) is 2. The first-order valence-corrected chi connectivity index (χ1v) is 10.1. The number of amides is 1. The van der Waals surface area contributed by atoms with Crippen LogP contribution in [0.15, 0.2) is 0 Å². The van der Waals surface area contributed by atoms with Crippen molar-refractivity contribution in [2.45, 2.75) is 69.6 Å². The van der Waals surface area contributed by atoms with Gasteiger partial charge in [-0.05, 0) is 58.0 Å². The SMILES string of the molecule is O=C(N[C@@H]1[C@@H]2CCO[C@@H]2[C@H]1N1CCCCC1)c1n[nH]c2c1CCCC2. The first-order chi connectivity index (χ1) is 12.3. The summed E-state index contributed by atoms with van der Waals surface area (Å²) in [4.78, 5) is 15.5. The zero-order valence-corrected chi connectivity index (χ0v) is 14.8. The van der Waals surface area contributed by atoms with Gasteiger partial charge in [-0.3, -0.25) is 14.8 Å². The third kappa shape index (κ3) is 2.61. The number of ether oxygens (including phenoxy) is 1. The molecule has 2 aliphatic carbocycles. The van der Waals surface area contributed by atoms with Gasteiger partial charge in [0.1, 0.15) is 0 Å². The van der Waals surface area contributed by atoms with Gasteiger partial charge in [-0.1, -0.05) is 6.42 Å². The number of nitrogens with zero attached hydrogens (tertiary/aromatic N) is 2. The molecule has 1 aromatic heterocycles. The Morgan fingerprint density at radius 2 is 2.00 bits per heavy atom. The second-order valence-corrected chi connectivity index (χ2v) is 8.11. The van der Waals surface area contributed by atoms with Crippen molar-refractivity contribution in [3.05, 3.63) is 17.0 Å². The molecule has 1 saturated carbocycles. The fraction of sp³-hybridized carbons (Fsp3) is 0.789. The second-order valence-electron chi connectivity index (χ2n) is 8.11. The van der Waals surface area contributed by atoms with Gasteiger partial charge in [-0.2, -0.15) is 5.10 Å². The van der Waals surface area contributed by atoms with Gasteiger partial charge < -0.3 is 10.1 Å². The van der Waals surface area contributed by atoms with Crippen molar-refractivity contribution in [3.63, 3.8) is 0 Å². The van der Waals surface area contributed by atoms with Crippen LogP contribution >= 0.6 is 0 Å². The molecule has 0 bridgehead atoms. The summed E-state index contributed by atoms with van der Waals surface area (Å²) in [5.74, 6) is 0.488. The number of carbonyl (C=O) groups is 1. The maximum absolute atomic E-state index is 12.9. The Balaban J connectivity index is 1.33. The topological polar surface area (TPSA) is 70.2 Å². The smallest absolute Gasteiger partial charge is 0.272 e. The lowest BCUT2D eigenvalue weighted by atomic mass is 9.70. The van der Waals surface area contributed by atoms with Crippen molar-refractivity contribution in [2.75, 3.05) is 19.7 Å². The van der Waals surface area contributed by atoms with Crippen molar-refractivity contribution in [2.24, 2.45) is 5.92 Å². The number of H-pyrrole nitrogens is 1. The van der Waals surface area contributed by atoms with Crippen LogP contribution in [-0.4, -0.2) is 58.9 Å². The minimum atomic E-state index is 0.0109. The van der Waals surface area contributed by atoms with E-state index >= 15 is 0 Å². The van der Waals surface area contributed by atoms with E-state index in [4.69, 9.17) is 4.74 Å². The molecule has 3 heterocycles. The minimum Gasteiger partial charge on any atom is -0.376 e. The van der Waals surface area contributed by atoms with E-state index in [0.29, 0.717) is 23.8 Å². The average Bonchev–Trinajstić information content (AvgIpc) is 3.25. The van der Waals surface area contributed by atoms with Crippen LogP contribution in [0, 0.1) is 5.92 Å². The molecule has 1 amide bonds. The molecule has 0 spiro atoms. The van der Waals surface area contributed by atoms with Crippen LogP contribution in [0.1, 0.15) is 60.3 Å². The number of aromatic amines is 1. The average molecular weight is 344 g/mol. The predicted molar refractivity (Wildman–Crippen MR) is 93.5 cm³/mol. The van der Waals surface area contributed by atoms with E-state index in [9.17, 15) is 4.79 Å². The summed E-state index contributed by atoms with van der Waals surface area (Å²) in [6.07, 6.45) is 9.59. The number of carbonyl (C=O) groups excluding carboxylic acids is 1. The Morgan fingerprint density at radius 3 is 2.88 bits per heavy atom. The molecule has 2 N–H and O–H groups in total. The zero-order chi connectivity index (χ0) is 16.8. The number of piperidine rings is 1. The zero-order valence-electron chi connectivity index (χ0n) is 14.8. The van der Waals surface area contributed by atoms with E-state index in [2.05, 4.69) is 20.4 Å². The second kappa shape index (κ2) is 6.40. The third-order valence-corrected chi connectivity index (χ3v) is 6.73. The van der Waals surface area contributed by atoms with E-state index in [0.717, 1.165) is 50.9 Å². The van der Waals surface area contributed by atoms with Gasteiger partial charge in [0.15, 0.2) is 5.69 Å². The number of nitrogens with one attached hydrogen (secondary N) is 2. The number of aromatic nitrogens is 2. The summed E-state index contributed by atoms with van der Waals surface area (Å²) in [6.45, 7) is 3.12. The molecular weight excluding hydrogens is 316 g/mol. The Hall–Kier alpha value is -1.40. The van der Waals surface area contributed by atoms with Crippen LogP contribution in [0.5, 0.6) is 0 Å². The summed E-state index contributed by atoms with van der Waals surface area (Å²) in [7, 11) is 0. The van der Waals surface area contributed by atoms with E-state index in [1.165, 1.54) is 31.4 Å². The Bertz CT molecular complexity index is 652. The molecule has 0 unspecified atom stereocenters. The van der Waals surface area contributed by atoms with Crippen LogP contribution in [-0.2, 0) is 17.6 Å². The summed E-state index contributed by atoms with van der Waals surface area (Å²) in [6, 6.07) is 0.570. The quantitative estimate of drug-likeness (QED) is 0.875. The van der Waals surface area contributed by atoms with E-state index < -0.39 is 0 Å². The number of aryl methyl sites for hydroxylation is 1. The van der Waals surface area contributed by atoms with Crippen LogP contribution in [0.25, 0.3) is 0 Å². The largest absolute Gasteiger partial charge is 0.376 e. The molecule has 0 aromatic carbocycles. The van der Waals surface area contributed by atoms with Crippen molar-refractivity contribution in [1.82, 2.24) is 20.4 Å². The van der Waals surface area contributed by atoms with Gasteiger partial charge in [-0.15, -0.1) is 0 Å². The fourth-order valence-corrected chi connectivity index (χ4v) is 5.41. The Labute approximate surface area is 148 Å². The van der Waals surface area contributed by atoms with E-state index in [1.807, 2.05) is 0 Å². The van der Waals surface area contributed by atoms with Crippen LogP contribution in [0.2, 0.25) is 0 Å². The monoisotopic (exact) mass is 344 g/mol. The molecule has 6 nitrogen and oxygen atoms in total. The van der Waals surface area contributed by atoms with Crippen LogP contribution < -0.4 is 5.32 Å². The third-order valence-electron chi connectivity index (χ3n) is 6.73. The Kier molecular flexibility index (Phi) is 4.05. The molecule has 4 atom stereocenters. The molecule has 25 heavy (non-hydrogen) atoms. The molecule has 3 fully saturated rings. The van der Waals surface area contributed by atoms with Crippen molar-refractivity contribution >= 4 is 5.91 Å². The van der Waals surface area contributed by atoms with Crippen LogP contribution in [0.3, 0.4) is 0 Å². The van der Waals surface area contributed by atoms with Gasteiger partial charge in [0, 0.05) is 23.8 Å². The molecule has 6 heteroatoms. The van der Waals surface area contributed by atoms with E-state index in [-0.39, 0.29) is 11.9 Å². The fourth-order valence-electron chi connectivity index (χ4n) is 5.41. The molecule has 2 saturated heterocycles. The first-order valence-electron chi connectivity index (χ1n) is 10.1. The highest BCUT2D eigenvalue weighted by atomic mass is 16.5. The van der Waals surface area contributed by atoms with Crippen LogP contribution in [0.4, 0.5) is 0 Å². The highest BCUT2D eigenvalue weighted by Crippen LogP contribution is 2.42. The summed E-state index contributed by atoms with van der Waals surface area (Å²) in [5.41, 5.74) is 2.95. The summed E-state index contributed by atoms with van der Waals surface area (Å²) >= 11 is 0. The van der Waals surface area contributed by atoms with Crippen molar-refractivity contribution < 1.29 is 9.53 Å². The first kappa shape index (κ1) is 15.8. The lowest BCUT2D eigenvalue weighted by Crippen LogP contribution is -2.71. The maximum atomic E-state index is 12.9. The predicted octanol–water partition coefficient (Wildman–Crippen LogP) is 1.66. The van der Waals surface area contributed by atoms with Crippen molar-refractivity contribution in [3.8, 4) is 0 Å². The molecule has 0 radical (unpaired) electrons. The highest BCUT2D eigenvalue weighted by molar-refractivity contribution is 5.94. The molecular formula is C19H28N4O2. The number of rotatable bonds is 3. The molecule has 136 valence electrons.